The van der Waals surface area contributed by atoms with E-state index in [9.17, 15) is 4.39 Å². The zero-order chi connectivity index (χ0) is 11.4. The summed E-state index contributed by atoms with van der Waals surface area (Å²) >= 11 is 0. The summed E-state index contributed by atoms with van der Waals surface area (Å²) in [6, 6.07) is 3.03. The lowest BCUT2D eigenvalue weighted by Crippen LogP contribution is -2.22. The van der Waals surface area contributed by atoms with Gasteiger partial charge >= 0.3 is 0 Å². The quantitative estimate of drug-likeness (QED) is 0.792. The number of halogens is 1. The molecule has 16 heavy (non-hydrogen) atoms. The van der Waals surface area contributed by atoms with E-state index in [4.69, 9.17) is 0 Å². The monoisotopic (exact) mass is 220 g/mol. The van der Waals surface area contributed by atoms with Crippen LogP contribution in [0.2, 0.25) is 0 Å². The molecule has 0 fully saturated rings. The Kier molecular flexibility index (Phi) is 3.67. The molecule has 3 heteroatoms. The highest BCUT2D eigenvalue weighted by Crippen LogP contribution is 2.29. The average Bonchev–Trinajstić information content (AvgIpc) is 2.34. The number of rotatable bonds is 3. The van der Waals surface area contributed by atoms with Crippen LogP contribution >= 0.6 is 0 Å². The van der Waals surface area contributed by atoms with Gasteiger partial charge in [0.05, 0.1) is 11.7 Å². The SMILES string of the molecule is CNC(C1=CCCCC1)c1ncccc1F. The van der Waals surface area contributed by atoms with Gasteiger partial charge in [0.25, 0.3) is 0 Å². The maximum absolute atomic E-state index is 13.7. The van der Waals surface area contributed by atoms with Crippen molar-refractivity contribution >= 4 is 0 Å². The fourth-order valence-electron chi connectivity index (χ4n) is 2.23. The minimum Gasteiger partial charge on any atom is -0.308 e. The van der Waals surface area contributed by atoms with E-state index in [1.54, 1.807) is 12.3 Å². The van der Waals surface area contributed by atoms with Gasteiger partial charge < -0.3 is 5.32 Å². The zero-order valence-electron chi connectivity index (χ0n) is 9.54. The number of hydrogen-bond donors (Lipinski definition) is 1. The predicted octanol–water partition coefficient (Wildman–Crippen LogP) is 2.98. The van der Waals surface area contributed by atoms with Crippen LogP contribution in [0.1, 0.15) is 37.4 Å². The van der Waals surface area contributed by atoms with Crippen molar-refractivity contribution in [2.75, 3.05) is 7.05 Å². The molecule has 1 unspecified atom stereocenters. The highest BCUT2D eigenvalue weighted by Gasteiger charge is 2.20. The topological polar surface area (TPSA) is 24.9 Å². The second-order valence-electron chi connectivity index (χ2n) is 4.12. The Bertz CT molecular complexity index is 387. The third kappa shape index (κ3) is 2.30. The van der Waals surface area contributed by atoms with E-state index < -0.39 is 0 Å². The average molecular weight is 220 g/mol. The van der Waals surface area contributed by atoms with E-state index in [0.717, 1.165) is 12.8 Å². The van der Waals surface area contributed by atoms with Crippen LogP contribution in [0.25, 0.3) is 0 Å². The molecule has 0 amide bonds. The molecule has 1 aromatic heterocycles. The summed E-state index contributed by atoms with van der Waals surface area (Å²) in [5, 5.41) is 3.16. The fraction of sp³-hybridized carbons (Fsp3) is 0.462. The Balaban J connectivity index is 2.28. The van der Waals surface area contributed by atoms with Gasteiger partial charge in [-0.1, -0.05) is 11.6 Å². The van der Waals surface area contributed by atoms with Crippen LogP contribution in [0.15, 0.2) is 30.0 Å². The minimum absolute atomic E-state index is 0.0681. The van der Waals surface area contributed by atoms with Crippen molar-refractivity contribution in [2.45, 2.75) is 31.7 Å². The molecule has 0 radical (unpaired) electrons. The molecule has 1 atom stereocenters. The van der Waals surface area contributed by atoms with Gasteiger partial charge in [0.1, 0.15) is 5.82 Å². The summed E-state index contributed by atoms with van der Waals surface area (Å²) in [5.41, 5.74) is 1.78. The maximum Gasteiger partial charge on any atom is 0.146 e. The van der Waals surface area contributed by atoms with Crippen LogP contribution in [-0.4, -0.2) is 12.0 Å². The lowest BCUT2D eigenvalue weighted by atomic mass is 9.92. The molecule has 86 valence electrons. The van der Waals surface area contributed by atoms with E-state index in [1.165, 1.54) is 24.5 Å². The first-order valence-electron chi connectivity index (χ1n) is 5.79. The molecule has 0 saturated carbocycles. The van der Waals surface area contributed by atoms with Crippen molar-refractivity contribution < 1.29 is 4.39 Å². The molecule has 1 aromatic rings. The van der Waals surface area contributed by atoms with Crippen LogP contribution in [0.3, 0.4) is 0 Å². The Morgan fingerprint density at radius 2 is 2.31 bits per heavy atom. The van der Waals surface area contributed by atoms with Crippen molar-refractivity contribution in [3.05, 3.63) is 41.5 Å². The first kappa shape index (κ1) is 11.3. The van der Waals surface area contributed by atoms with Crippen molar-refractivity contribution in [2.24, 2.45) is 0 Å². The van der Waals surface area contributed by atoms with Crippen molar-refractivity contribution in [3.63, 3.8) is 0 Å². The Labute approximate surface area is 95.6 Å². The first-order valence-corrected chi connectivity index (χ1v) is 5.79. The van der Waals surface area contributed by atoms with Gasteiger partial charge in [-0.05, 0) is 44.9 Å². The van der Waals surface area contributed by atoms with Crippen LogP contribution in [-0.2, 0) is 0 Å². The number of nitrogens with zero attached hydrogens (tertiary/aromatic N) is 1. The molecule has 0 aliphatic heterocycles. The van der Waals surface area contributed by atoms with Gasteiger partial charge in [-0.25, -0.2) is 4.39 Å². The molecule has 0 bridgehead atoms. The molecule has 1 aliphatic rings. The Morgan fingerprint density at radius 1 is 1.44 bits per heavy atom. The molecular weight excluding hydrogens is 203 g/mol. The molecule has 0 spiro atoms. The predicted molar refractivity (Wildman–Crippen MR) is 62.5 cm³/mol. The van der Waals surface area contributed by atoms with Gasteiger partial charge in [0.15, 0.2) is 0 Å². The van der Waals surface area contributed by atoms with Gasteiger partial charge in [0, 0.05) is 6.20 Å². The van der Waals surface area contributed by atoms with E-state index in [2.05, 4.69) is 16.4 Å². The number of aromatic nitrogens is 1. The van der Waals surface area contributed by atoms with Gasteiger partial charge in [-0.2, -0.15) is 0 Å². The summed E-state index contributed by atoms with van der Waals surface area (Å²) in [7, 11) is 1.86. The second-order valence-corrected chi connectivity index (χ2v) is 4.12. The Morgan fingerprint density at radius 3 is 2.94 bits per heavy atom. The highest BCUT2D eigenvalue weighted by atomic mass is 19.1. The molecule has 0 saturated heterocycles. The molecular formula is C13H17FN2. The van der Waals surface area contributed by atoms with Crippen LogP contribution in [0.4, 0.5) is 4.39 Å². The third-order valence-electron chi connectivity index (χ3n) is 3.05. The van der Waals surface area contributed by atoms with E-state index >= 15 is 0 Å². The van der Waals surface area contributed by atoms with E-state index in [-0.39, 0.29) is 11.9 Å². The largest absolute Gasteiger partial charge is 0.308 e. The standard InChI is InChI=1S/C13H17FN2/c1-15-12(10-6-3-2-4-7-10)13-11(14)8-5-9-16-13/h5-6,8-9,12,15H,2-4,7H2,1H3. The number of allylic oxidation sites excluding steroid dienone is 1. The number of nitrogens with one attached hydrogen (secondary N) is 1. The van der Waals surface area contributed by atoms with Crippen LogP contribution in [0, 0.1) is 5.82 Å². The highest BCUT2D eigenvalue weighted by molar-refractivity contribution is 5.24. The van der Waals surface area contributed by atoms with E-state index in [1.807, 2.05) is 7.05 Å². The molecule has 2 nitrogen and oxygen atoms in total. The van der Waals surface area contributed by atoms with Crippen molar-refractivity contribution in [1.82, 2.24) is 10.3 Å². The van der Waals surface area contributed by atoms with E-state index in [0.29, 0.717) is 5.69 Å². The smallest absolute Gasteiger partial charge is 0.146 e. The minimum atomic E-state index is -0.228. The fourth-order valence-corrected chi connectivity index (χ4v) is 2.23. The van der Waals surface area contributed by atoms with Gasteiger partial charge in [-0.3, -0.25) is 4.98 Å². The number of pyridine rings is 1. The zero-order valence-corrected chi connectivity index (χ0v) is 9.54. The second kappa shape index (κ2) is 5.21. The van der Waals surface area contributed by atoms with Crippen LogP contribution < -0.4 is 5.32 Å². The first-order chi connectivity index (χ1) is 7.83. The summed E-state index contributed by atoms with van der Waals surface area (Å²) < 4.78 is 13.7. The summed E-state index contributed by atoms with van der Waals surface area (Å²) in [5.74, 6) is -0.228. The molecule has 1 aliphatic carbocycles. The van der Waals surface area contributed by atoms with Gasteiger partial charge in [-0.15, -0.1) is 0 Å². The normalized spacial score (nSPS) is 18.0. The number of likely N-dealkylation sites (N-methyl/N-ethyl adjacent to an activating group) is 1. The summed E-state index contributed by atoms with van der Waals surface area (Å²) in [6.45, 7) is 0. The molecule has 1 N–H and O–H groups in total. The third-order valence-corrected chi connectivity index (χ3v) is 3.05. The lowest BCUT2D eigenvalue weighted by molar-refractivity contribution is 0.532. The summed E-state index contributed by atoms with van der Waals surface area (Å²) in [6.07, 6.45) is 8.44. The van der Waals surface area contributed by atoms with Crippen molar-refractivity contribution in [1.29, 1.82) is 0 Å². The molecule has 0 aromatic carbocycles. The Hall–Kier alpha value is -1.22. The van der Waals surface area contributed by atoms with Crippen molar-refractivity contribution in [3.8, 4) is 0 Å². The summed E-state index contributed by atoms with van der Waals surface area (Å²) in [4.78, 5) is 4.15. The molecule has 1 heterocycles. The van der Waals surface area contributed by atoms with Crippen LogP contribution in [0.5, 0.6) is 0 Å². The molecule has 2 rings (SSSR count). The lowest BCUT2D eigenvalue weighted by Gasteiger charge is -2.22. The maximum atomic E-state index is 13.7. The van der Waals surface area contributed by atoms with Gasteiger partial charge in [0.2, 0.25) is 0 Å². The number of hydrogen-bond acceptors (Lipinski definition) is 2.